The van der Waals surface area contributed by atoms with Gasteiger partial charge in [0.25, 0.3) is 0 Å². The van der Waals surface area contributed by atoms with Crippen molar-refractivity contribution < 1.29 is 23.0 Å². The Morgan fingerprint density at radius 3 is 2.04 bits per heavy atom. The normalized spacial score (nSPS) is 11.4. The minimum Gasteiger partial charge on any atom is -0.508 e. The average Bonchev–Trinajstić information content (AvgIpc) is 2.59. The van der Waals surface area contributed by atoms with Crippen LogP contribution in [-0.2, 0) is 14.6 Å². The van der Waals surface area contributed by atoms with Crippen molar-refractivity contribution in [3.8, 4) is 11.5 Å². The smallest absolute Gasteiger partial charge is 0.206 e. The van der Waals surface area contributed by atoms with Crippen LogP contribution in [0, 0.1) is 0 Å². The van der Waals surface area contributed by atoms with E-state index < -0.39 is 9.84 Å². The Kier molecular flexibility index (Phi) is 6.63. The van der Waals surface area contributed by atoms with E-state index in [2.05, 4.69) is 6.92 Å². The van der Waals surface area contributed by atoms with Crippen molar-refractivity contribution in [2.45, 2.75) is 29.6 Å². The van der Waals surface area contributed by atoms with Gasteiger partial charge in [0.2, 0.25) is 9.84 Å². The highest BCUT2D eigenvalue weighted by molar-refractivity contribution is 7.91. The van der Waals surface area contributed by atoms with E-state index in [1.54, 1.807) is 12.1 Å². The lowest BCUT2D eigenvalue weighted by Crippen LogP contribution is -2.07. The number of hydrogen-bond donors (Lipinski definition) is 1. The topological polar surface area (TPSA) is 72.8 Å². The van der Waals surface area contributed by atoms with Crippen molar-refractivity contribution in [1.82, 2.24) is 0 Å². The molecule has 1 N–H and O–H groups in total. The molecule has 24 heavy (non-hydrogen) atoms. The lowest BCUT2D eigenvalue weighted by Gasteiger charge is -2.08. The summed E-state index contributed by atoms with van der Waals surface area (Å²) in [5, 5.41) is 9.26. The minimum absolute atomic E-state index is 0.0267. The molecule has 0 aliphatic heterocycles. The standard InChI is InChI=1S/C18H22O5S/c1-2-3-12-22-13-14-23-16-6-10-18(11-7-16)24(20,21)17-8-4-15(19)5-9-17/h4-11,19H,2-3,12-14H2,1H3. The zero-order valence-electron chi connectivity index (χ0n) is 13.6. The summed E-state index contributed by atoms with van der Waals surface area (Å²) in [4.78, 5) is 0.318. The average molecular weight is 350 g/mol. The number of rotatable bonds is 9. The molecule has 0 bridgehead atoms. The van der Waals surface area contributed by atoms with Gasteiger partial charge in [-0.1, -0.05) is 13.3 Å². The molecular weight excluding hydrogens is 328 g/mol. The molecule has 0 unspecified atom stereocenters. The summed E-state index contributed by atoms with van der Waals surface area (Å²) in [6, 6.07) is 11.7. The van der Waals surface area contributed by atoms with E-state index >= 15 is 0 Å². The quantitative estimate of drug-likeness (QED) is 0.702. The summed E-state index contributed by atoms with van der Waals surface area (Å²) < 4.78 is 35.9. The maximum absolute atomic E-state index is 12.5. The fourth-order valence-electron chi connectivity index (χ4n) is 2.04. The number of hydrogen-bond acceptors (Lipinski definition) is 5. The van der Waals surface area contributed by atoms with Crippen LogP contribution in [0.25, 0.3) is 0 Å². The van der Waals surface area contributed by atoms with Gasteiger partial charge in [-0.05, 0) is 55.0 Å². The second kappa shape index (κ2) is 8.70. The molecule has 0 aliphatic rings. The monoisotopic (exact) mass is 350 g/mol. The van der Waals surface area contributed by atoms with Crippen LogP contribution < -0.4 is 4.74 Å². The molecule has 0 spiro atoms. The first kappa shape index (κ1) is 18.3. The van der Waals surface area contributed by atoms with Gasteiger partial charge < -0.3 is 14.6 Å². The van der Waals surface area contributed by atoms with E-state index in [0.29, 0.717) is 19.0 Å². The highest BCUT2D eigenvalue weighted by Gasteiger charge is 2.17. The van der Waals surface area contributed by atoms with E-state index in [1.165, 1.54) is 36.4 Å². The van der Waals surface area contributed by atoms with Crippen molar-refractivity contribution in [2.75, 3.05) is 19.8 Å². The Morgan fingerprint density at radius 1 is 0.875 bits per heavy atom. The molecule has 0 aliphatic carbocycles. The summed E-state index contributed by atoms with van der Waals surface area (Å²) >= 11 is 0. The largest absolute Gasteiger partial charge is 0.508 e. The number of sulfone groups is 1. The van der Waals surface area contributed by atoms with Crippen molar-refractivity contribution in [2.24, 2.45) is 0 Å². The minimum atomic E-state index is -3.60. The van der Waals surface area contributed by atoms with Gasteiger partial charge in [0.05, 0.1) is 16.4 Å². The van der Waals surface area contributed by atoms with Crippen LogP contribution in [-0.4, -0.2) is 33.3 Å². The molecule has 2 aromatic rings. The molecule has 0 radical (unpaired) electrons. The SMILES string of the molecule is CCCCOCCOc1ccc(S(=O)(=O)c2ccc(O)cc2)cc1. The van der Waals surface area contributed by atoms with Crippen molar-refractivity contribution in [3.05, 3.63) is 48.5 Å². The number of phenolic OH excluding ortho intramolecular Hbond substituents is 1. The van der Waals surface area contributed by atoms with Crippen LogP contribution >= 0.6 is 0 Å². The van der Waals surface area contributed by atoms with Crippen molar-refractivity contribution in [1.29, 1.82) is 0 Å². The van der Waals surface area contributed by atoms with E-state index in [-0.39, 0.29) is 15.5 Å². The fraction of sp³-hybridized carbons (Fsp3) is 0.333. The van der Waals surface area contributed by atoms with Gasteiger partial charge >= 0.3 is 0 Å². The van der Waals surface area contributed by atoms with Crippen LogP contribution in [0.1, 0.15) is 19.8 Å². The highest BCUT2D eigenvalue weighted by atomic mass is 32.2. The lowest BCUT2D eigenvalue weighted by atomic mass is 10.3. The highest BCUT2D eigenvalue weighted by Crippen LogP contribution is 2.24. The summed E-state index contributed by atoms with van der Waals surface area (Å²) in [6.07, 6.45) is 2.13. The van der Waals surface area contributed by atoms with Gasteiger partial charge in [0.15, 0.2) is 0 Å². The molecule has 0 amide bonds. The fourth-order valence-corrected chi connectivity index (χ4v) is 3.30. The summed E-state index contributed by atoms with van der Waals surface area (Å²) in [5.41, 5.74) is 0. The number of aromatic hydroxyl groups is 1. The summed E-state index contributed by atoms with van der Waals surface area (Å²) in [7, 11) is -3.60. The molecular formula is C18H22O5S. The third-order valence-electron chi connectivity index (χ3n) is 3.42. The van der Waals surface area contributed by atoms with E-state index in [9.17, 15) is 13.5 Å². The van der Waals surface area contributed by atoms with Crippen LogP contribution in [0.3, 0.4) is 0 Å². The van der Waals surface area contributed by atoms with Gasteiger partial charge in [0.1, 0.15) is 18.1 Å². The van der Waals surface area contributed by atoms with Gasteiger partial charge in [-0.25, -0.2) is 8.42 Å². The molecule has 2 aromatic carbocycles. The predicted octanol–water partition coefficient (Wildman–Crippen LogP) is 3.42. The molecule has 2 rings (SSSR count). The number of ether oxygens (including phenoxy) is 2. The summed E-state index contributed by atoms with van der Waals surface area (Å²) in [5.74, 6) is 0.623. The van der Waals surface area contributed by atoms with Crippen molar-refractivity contribution in [3.63, 3.8) is 0 Å². The zero-order chi connectivity index (χ0) is 17.4. The second-order valence-corrected chi connectivity index (χ2v) is 7.23. The van der Waals surface area contributed by atoms with E-state index in [1.807, 2.05) is 0 Å². The molecule has 0 saturated carbocycles. The molecule has 0 aromatic heterocycles. The zero-order valence-corrected chi connectivity index (χ0v) is 14.5. The van der Waals surface area contributed by atoms with Gasteiger partial charge in [-0.2, -0.15) is 0 Å². The third-order valence-corrected chi connectivity index (χ3v) is 5.21. The molecule has 5 nitrogen and oxygen atoms in total. The van der Waals surface area contributed by atoms with E-state index in [0.717, 1.165) is 19.4 Å². The third kappa shape index (κ3) is 4.97. The Morgan fingerprint density at radius 2 is 1.46 bits per heavy atom. The Labute approximate surface area is 142 Å². The van der Waals surface area contributed by atoms with Gasteiger partial charge in [-0.3, -0.25) is 0 Å². The molecule has 130 valence electrons. The number of unbranched alkanes of at least 4 members (excludes halogenated alkanes) is 1. The van der Waals surface area contributed by atoms with E-state index in [4.69, 9.17) is 9.47 Å². The Bertz CT molecular complexity index is 721. The van der Waals surface area contributed by atoms with Gasteiger partial charge in [0, 0.05) is 6.61 Å². The van der Waals surface area contributed by atoms with Crippen LogP contribution in [0.4, 0.5) is 0 Å². The molecule has 0 saturated heterocycles. The van der Waals surface area contributed by atoms with Crippen LogP contribution in [0.5, 0.6) is 11.5 Å². The first-order chi connectivity index (χ1) is 11.5. The maximum atomic E-state index is 12.5. The first-order valence-electron chi connectivity index (χ1n) is 7.89. The maximum Gasteiger partial charge on any atom is 0.206 e. The van der Waals surface area contributed by atoms with Crippen LogP contribution in [0.2, 0.25) is 0 Å². The Balaban J connectivity index is 1.95. The Hall–Kier alpha value is -2.05. The molecule has 6 heteroatoms. The molecule has 0 fully saturated rings. The number of benzene rings is 2. The first-order valence-corrected chi connectivity index (χ1v) is 9.37. The number of phenols is 1. The summed E-state index contributed by atoms with van der Waals surface area (Å²) in [6.45, 7) is 3.76. The van der Waals surface area contributed by atoms with Crippen molar-refractivity contribution >= 4 is 9.84 Å². The lowest BCUT2D eigenvalue weighted by molar-refractivity contribution is 0.0980. The molecule has 0 heterocycles. The predicted molar refractivity (Wildman–Crippen MR) is 91.2 cm³/mol. The second-order valence-electron chi connectivity index (χ2n) is 5.28. The molecule has 0 atom stereocenters. The van der Waals surface area contributed by atoms with Crippen LogP contribution in [0.15, 0.2) is 58.3 Å². The van der Waals surface area contributed by atoms with Gasteiger partial charge in [-0.15, -0.1) is 0 Å².